The molecular formula is C14H18FN3. The number of benzene rings is 1. The topological polar surface area (TPSA) is 39.1 Å². The molecule has 1 aromatic rings. The largest absolute Gasteiger partial charge is 0.317 e. The number of hydrogen-bond acceptors (Lipinski definition) is 3. The van der Waals surface area contributed by atoms with Gasteiger partial charge in [0, 0.05) is 18.2 Å². The van der Waals surface area contributed by atoms with Crippen LogP contribution < -0.4 is 5.32 Å². The molecule has 96 valence electrons. The Morgan fingerprint density at radius 1 is 1.44 bits per heavy atom. The summed E-state index contributed by atoms with van der Waals surface area (Å²) in [5.74, 6) is -0.374. The third-order valence-corrected chi connectivity index (χ3v) is 3.55. The lowest BCUT2D eigenvalue weighted by molar-refractivity contribution is 0.190. The summed E-state index contributed by atoms with van der Waals surface area (Å²) in [6.07, 6.45) is 2.19. The normalized spacial score (nSPS) is 16.8. The van der Waals surface area contributed by atoms with Crippen LogP contribution >= 0.6 is 0 Å². The number of rotatable bonds is 3. The average Bonchev–Trinajstić information content (AvgIpc) is 2.42. The zero-order chi connectivity index (χ0) is 13.0. The quantitative estimate of drug-likeness (QED) is 0.886. The van der Waals surface area contributed by atoms with Crippen LogP contribution in [0.25, 0.3) is 0 Å². The molecule has 0 amide bonds. The van der Waals surface area contributed by atoms with Gasteiger partial charge in [0.25, 0.3) is 0 Å². The van der Waals surface area contributed by atoms with Crippen LogP contribution in [-0.4, -0.2) is 31.1 Å². The Kier molecular flexibility index (Phi) is 4.29. The van der Waals surface area contributed by atoms with Gasteiger partial charge in [-0.3, -0.25) is 4.90 Å². The van der Waals surface area contributed by atoms with Crippen LogP contribution in [-0.2, 0) is 6.54 Å². The molecule has 1 N–H and O–H groups in total. The molecule has 1 saturated heterocycles. The van der Waals surface area contributed by atoms with Gasteiger partial charge in [0.05, 0.1) is 5.56 Å². The number of hydrogen-bond donors (Lipinski definition) is 1. The standard InChI is InChI=1S/C14H18FN3/c1-18(13-5-7-17-8-6-13)10-12-4-2-3-11(9-16)14(12)15/h2-4,13,17H,5-8,10H2,1H3. The molecule has 0 aliphatic carbocycles. The molecule has 0 radical (unpaired) electrons. The second-order valence-corrected chi connectivity index (χ2v) is 4.79. The van der Waals surface area contributed by atoms with Crippen molar-refractivity contribution in [3.63, 3.8) is 0 Å². The molecule has 0 unspecified atom stereocenters. The Balaban J connectivity index is 2.07. The maximum absolute atomic E-state index is 13.9. The fourth-order valence-corrected chi connectivity index (χ4v) is 2.43. The van der Waals surface area contributed by atoms with Gasteiger partial charge in [-0.15, -0.1) is 0 Å². The number of piperidine rings is 1. The van der Waals surface area contributed by atoms with Crippen molar-refractivity contribution in [2.24, 2.45) is 0 Å². The molecule has 0 saturated carbocycles. The number of nitriles is 1. The van der Waals surface area contributed by atoms with Gasteiger partial charge in [-0.25, -0.2) is 4.39 Å². The minimum absolute atomic E-state index is 0.131. The van der Waals surface area contributed by atoms with E-state index in [1.807, 2.05) is 13.1 Å². The van der Waals surface area contributed by atoms with E-state index in [1.165, 1.54) is 6.07 Å². The lowest BCUT2D eigenvalue weighted by Crippen LogP contribution is -2.40. The van der Waals surface area contributed by atoms with Gasteiger partial charge < -0.3 is 5.32 Å². The second-order valence-electron chi connectivity index (χ2n) is 4.79. The van der Waals surface area contributed by atoms with Gasteiger partial charge in [-0.2, -0.15) is 5.26 Å². The van der Waals surface area contributed by atoms with Crippen LogP contribution in [0, 0.1) is 17.1 Å². The SMILES string of the molecule is CN(Cc1cccc(C#N)c1F)C1CCNCC1. The van der Waals surface area contributed by atoms with E-state index in [1.54, 1.807) is 12.1 Å². The van der Waals surface area contributed by atoms with Crippen molar-refractivity contribution in [2.75, 3.05) is 20.1 Å². The number of halogens is 1. The molecule has 0 spiro atoms. The van der Waals surface area contributed by atoms with Crippen molar-refractivity contribution < 1.29 is 4.39 Å². The summed E-state index contributed by atoms with van der Waals surface area (Å²) in [6, 6.07) is 7.40. The van der Waals surface area contributed by atoms with E-state index in [4.69, 9.17) is 5.26 Å². The Labute approximate surface area is 107 Å². The highest BCUT2D eigenvalue weighted by atomic mass is 19.1. The van der Waals surface area contributed by atoms with Crippen LogP contribution in [0.1, 0.15) is 24.0 Å². The van der Waals surface area contributed by atoms with Crippen LogP contribution in [0.15, 0.2) is 18.2 Å². The van der Waals surface area contributed by atoms with E-state index >= 15 is 0 Å². The van der Waals surface area contributed by atoms with Crippen LogP contribution in [0.3, 0.4) is 0 Å². The van der Waals surface area contributed by atoms with Crippen LogP contribution in [0.5, 0.6) is 0 Å². The molecule has 3 nitrogen and oxygen atoms in total. The second kappa shape index (κ2) is 5.94. The average molecular weight is 247 g/mol. The number of nitrogens with zero attached hydrogens (tertiary/aromatic N) is 2. The molecule has 0 aromatic heterocycles. The van der Waals surface area contributed by atoms with Crippen molar-refractivity contribution in [1.29, 1.82) is 5.26 Å². The molecular weight excluding hydrogens is 229 g/mol. The molecule has 1 aliphatic rings. The van der Waals surface area contributed by atoms with E-state index in [2.05, 4.69) is 10.2 Å². The van der Waals surface area contributed by atoms with Gasteiger partial charge in [0.2, 0.25) is 0 Å². The van der Waals surface area contributed by atoms with Crippen molar-refractivity contribution in [1.82, 2.24) is 10.2 Å². The van der Waals surface area contributed by atoms with Gasteiger partial charge in [-0.1, -0.05) is 12.1 Å². The summed E-state index contributed by atoms with van der Waals surface area (Å²) >= 11 is 0. The van der Waals surface area contributed by atoms with Crippen LogP contribution in [0.4, 0.5) is 4.39 Å². The minimum Gasteiger partial charge on any atom is -0.317 e. The fraction of sp³-hybridized carbons (Fsp3) is 0.500. The minimum atomic E-state index is -0.374. The van der Waals surface area contributed by atoms with Crippen molar-refractivity contribution in [3.05, 3.63) is 35.1 Å². The van der Waals surface area contributed by atoms with Crippen molar-refractivity contribution >= 4 is 0 Å². The van der Waals surface area contributed by atoms with E-state index in [0.717, 1.165) is 25.9 Å². The molecule has 1 fully saturated rings. The molecule has 1 aliphatic heterocycles. The van der Waals surface area contributed by atoms with Gasteiger partial charge >= 0.3 is 0 Å². The zero-order valence-electron chi connectivity index (χ0n) is 10.6. The molecule has 4 heteroatoms. The van der Waals surface area contributed by atoms with Gasteiger partial charge in [0.1, 0.15) is 11.9 Å². The van der Waals surface area contributed by atoms with E-state index in [0.29, 0.717) is 18.2 Å². The maximum atomic E-state index is 13.9. The first kappa shape index (κ1) is 13.0. The lowest BCUT2D eigenvalue weighted by Gasteiger charge is -2.31. The summed E-state index contributed by atoms with van der Waals surface area (Å²) in [7, 11) is 2.02. The lowest BCUT2D eigenvalue weighted by atomic mass is 10.0. The first-order valence-electron chi connectivity index (χ1n) is 6.31. The van der Waals surface area contributed by atoms with E-state index in [9.17, 15) is 4.39 Å². The predicted molar refractivity (Wildman–Crippen MR) is 68.5 cm³/mol. The van der Waals surface area contributed by atoms with Gasteiger partial charge in [0.15, 0.2) is 0 Å². The Bertz CT molecular complexity index is 447. The molecule has 0 atom stereocenters. The summed E-state index contributed by atoms with van der Waals surface area (Å²) in [5.41, 5.74) is 0.737. The molecule has 0 bridgehead atoms. The van der Waals surface area contributed by atoms with Crippen LogP contribution in [0.2, 0.25) is 0 Å². The summed E-state index contributed by atoms with van der Waals surface area (Å²) < 4.78 is 13.9. The fourth-order valence-electron chi connectivity index (χ4n) is 2.43. The van der Waals surface area contributed by atoms with Gasteiger partial charge in [-0.05, 0) is 39.0 Å². The molecule has 18 heavy (non-hydrogen) atoms. The summed E-state index contributed by atoms with van der Waals surface area (Å²) in [6.45, 7) is 2.61. The first-order valence-corrected chi connectivity index (χ1v) is 6.31. The monoisotopic (exact) mass is 247 g/mol. The Hall–Kier alpha value is -1.44. The predicted octanol–water partition coefficient (Wildman–Crippen LogP) is 1.88. The highest BCUT2D eigenvalue weighted by Gasteiger charge is 2.19. The first-order chi connectivity index (χ1) is 8.72. The molecule has 1 heterocycles. The highest BCUT2D eigenvalue weighted by molar-refractivity contribution is 5.34. The highest BCUT2D eigenvalue weighted by Crippen LogP contribution is 2.17. The maximum Gasteiger partial charge on any atom is 0.145 e. The number of nitrogens with one attached hydrogen (secondary N) is 1. The molecule has 2 rings (SSSR count). The van der Waals surface area contributed by atoms with E-state index in [-0.39, 0.29) is 11.4 Å². The Morgan fingerprint density at radius 2 is 2.17 bits per heavy atom. The third kappa shape index (κ3) is 2.87. The van der Waals surface area contributed by atoms with E-state index < -0.39 is 0 Å². The third-order valence-electron chi connectivity index (χ3n) is 3.55. The summed E-state index contributed by atoms with van der Waals surface area (Å²) in [5, 5.41) is 12.1. The van der Waals surface area contributed by atoms with Crippen molar-refractivity contribution in [3.8, 4) is 6.07 Å². The molecule has 1 aromatic carbocycles. The zero-order valence-corrected chi connectivity index (χ0v) is 10.6. The summed E-state index contributed by atoms with van der Waals surface area (Å²) in [4.78, 5) is 2.18. The smallest absolute Gasteiger partial charge is 0.145 e. The Morgan fingerprint density at radius 3 is 2.83 bits per heavy atom. The van der Waals surface area contributed by atoms with Crippen molar-refractivity contribution in [2.45, 2.75) is 25.4 Å².